The number of rotatable bonds is 7. The van der Waals surface area contributed by atoms with Crippen molar-refractivity contribution in [3.8, 4) is 5.75 Å². The van der Waals surface area contributed by atoms with E-state index >= 15 is 0 Å². The van der Waals surface area contributed by atoms with Crippen molar-refractivity contribution in [3.05, 3.63) is 29.3 Å². The molecule has 1 aromatic rings. The van der Waals surface area contributed by atoms with Crippen LogP contribution in [0.2, 0.25) is 0 Å². The molecule has 3 heteroatoms. The van der Waals surface area contributed by atoms with Crippen LogP contribution in [0.5, 0.6) is 5.75 Å². The second kappa shape index (κ2) is 7.29. The van der Waals surface area contributed by atoms with Crippen LogP contribution in [0.25, 0.3) is 0 Å². The molecule has 0 fully saturated rings. The Balaban J connectivity index is 2.73. The molecule has 0 bridgehead atoms. The van der Waals surface area contributed by atoms with Gasteiger partial charge >= 0.3 is 0 Å². The summed E-state index contributed by atoms with van der Waals surface area (Å²) in [7, 11) is 3.60. The highest BCUT2D eigenvalue weighted by Crippen LogP contribution is 2.20. The Kier molecular flexibility index (Phi) is 6.03. The van der Waals surface area contributed by atoms with Crippen LogP contribution in [0.15, 0.2) is 18.2 Å². The van der Waals surface area contributed by atoms with E-state index in [1.54, 1.807) is 7.11 Å². The van der Waals surface area contributed by atoms with Gasteiger partial charge in [0.15, 0.2) is 5.78 Å². The fourth-order valence-electron chi connectivity index (χ4n) is 2.08. The fourth-order valence-corrected chi connectivity index (χ4v) is 2.08. The number of likely N-dealkylation sites (N-methyl/N-ethyl adjacent to an activating group) is 1. The lowest BCUT2D eigenvalue weighted by atomic mass is 10.1. The Morgan fingerprint density at radius 2 is 2.11 bits per heavy atom. The first-order valence-electron chi connectivity index (χ1n) is 6.84. The average Bonchev–Trinajstić information content (AvgIpc) is 2.37. The van der Waals surface area contributed by atoms with Gasteiger partial charge < -0.3 is 4.74 Å². The van der Waals surface area contributed by atoms with E-state index < -0.39 is 0 Å². The van der Waals surface area contributed by atoms with Crippen LogP contribution in [0.1, 0.15) is 36.2 Å². The lowest BCUT2D eigenvalue weighted by Crippen LogP contribution is -2.30. The number of hydrogen-bond acceptors (Lipinski definition) is 3. The van der Waals surface area contributed by atoms with Gasteiger partial charge in [0, 0.05) is 6.54 Å². The van der Waals surface area contributed by atoms with Crippen molar-refractivity contribution in [3.63, 3.8) is 0 Å². The van der Waals surface area contributed by atoms with Crippen molar-refractivity contribution >= 4 is 5.78 Å². The maximum absolute atomic E-state index is 12.3. The van der Waals surface area contributed by atoms with E-state index in [4.69, 9.17) is 4.74 Å². The zero-order valence-electron chi connectivity index (χ0n) is 12.7. The summed E-state index contributed by atoms with van der Waals surface area (Å²) in [5.74, 6) is 1.39. The molecule has 0 aliphatic carbocycles. The number of carbonyl (C=O) groups excluding carboxylic acids is 1. The monoisotopic (exact) mass is 263 g/mol. The second-order valence-electron chi connectivity index (χ2n) is 5.34. The highest BCUT2D eigenvalue weighted by Gasteiger charge is 2.15. The van der Waals surface area contributed by atoms with Gasteiger partial charge in [-0.05, 0) is 37.6 Å². The summed E-state index contributed by atoms with van der Waals surface area (Å²) in [5, 5.41) is 0. The predicted octanol–water partition coefficient (Wildman–Crippen LogP) is 3.16. The molecule has 0 radical (unpaired) electrons. The Morgan fingerprint density at radius 3 is 2.68 bits per heavy atom. The van der Waals surface area contributed by atoms with Gasteiger partial charge in [0.1, 0.15) is 5.75 Å². The van der Waals surface area contributed by atoms with Gasteiger partial charge in [-0.1, -0.05) is 26.3 Å². The Morgan fingerprint density at radius 1 is 1.42 bits per heavy atom. The number of carbonyl (C=O) groups is 1. The minimum Gasteiger partial charge on any atom is -0.496 e. The van der Waals surface area contributed by atoms with Crippen LogP contribution in [-0.2, 0) is 0 Å². The average molecular weight is 263 g/mol. The van der Waals surface area contributed by atoms with E-state index in [-0.39, 0.29) is 5.78 Å². The number of aryl methyl sites for hydroxylation is 1. The maximum atomic E-state index is 12.3. The summed E-state index contributed by atoms with van der Waals surface area (Å²) in [4.78, 5) is 14.4. The molecule has 1 aromatic carbocycles. The molecule has 1 unspecified atom stereocenters. The largest absolute Gasteiger partial charge is 0.496 e. The first kappa shape index (κ1) is 15.7. The van der Waals surface area contributed by atoms with E-state index in [1.807, 2.05) is 32.2 Å². The molecule has 0 aliphatic heterocycles. The van der Waals surface area contributed by atoms with Crippen molar-refractivity contribution in [1.82, 2.24) is 4.90 Å². The molecule has 0 N–H and O–H groups in total. The van der Waals surface area contributed by atoms with E-state index in [1.165, 1.54) is 0 Å². The van der Waals surface area contributed by atoms with Crippen molar-refractivity contribution in [2.45, 2.75) is 27.2 Å². The number of Topliss-reactive ketones (excluding diaryl/α,β-unsaturated/α-hetero) is 1. The third-order valence-corrected chi connectivity index (χ3v) is 3.39. The summed E-state index contributed by atoms with van der Waals surface area (Å²) >= 11 is 0. The molecule has 0 amide bonds. The number of ether oxygens (including phenoxy) is 1. The summed E-state index contributed by atoms with van der Waals surface area (Å²) < 4.78 is 5.29. The van der Waals surface area contributed by atoms with Crippen LogP contribution in [0.3, 0.4) is 0 Å². The van der Waals surface area contributed by atoms with Crippen molar-refractivity contribution < 1.29 is 9.53 Å². The lowest BCUT2D eigenvalue weighted by molar-refractivity contribution is 0.0936. The third-order valence-electron chi connectivity index (χ3n) is 3.39. The standard InChI is InChI=1S/C16H25NO2/c1-6-12(2)10-17(4)11-15(18)14-8-7-13(3)9-16(14)19-5/h7-9,12H,6,10-11H2,1-5H3. The molecule has 0 heterocycles. The molecule has 0 saturated heterocycles. The molecular formula is C16H25NO2. The third kappa shape index (κ3) is 4.67. The predicted molar refractivity (Wildman–Crippen MR) is 79.0 cm³/mol. The lowest BCUT2D eigenvalue weighted by Gasteiger charge is -2.20. The van der Waals surface area contributed by atoms with Gasteiger partial charge in [-0.15, -0.1) is 0 Å². The molecule has 0 aliphatic rings. The smallest absolute Gasteiger partial charge is 0.180 e. The second-order valence-corrected chi connectivity index (χ2v) is 5.34. The summed E-state index contributed by atoms with van der Waals surface area (Å²) in [6.07, 6.45) is 1.13. The quantitative estimate of drug-likeness (QED) is 0.708. The molecule has 19 heavy (non-hydrogen) atoms. The Hall–Kier alpha value is -1.35. The number of benzene rings is 1. The molecule has 1 rings (SSSR count). The van der Waals surface area contributed by atoms with Gasteiger partial charge in [-0.25, -0.2) is 0 Å². The maximum Gasteiger partial charge on any atom is 0.180 e. The highest BCUT2D eigenvalue weighted by molar-refractivity contribution is 6.00. The zero-order chi connectivity index (χ0) is 14.4. The zero-order valence-corrected chi connectivity index (χ0v) is 12.7. The van der Waals surface area contributed by atoms with Gasteiger partial charge in [0.2, 0.25) is 0 Å². The number of nitrogens with zero attached hydrogens (tertiary/aromatic N) is 1. The van der Waals surface area contributed by atoms with E-state index in [0.29, 0.717) is 23.8 Å². The number of methoxy groups -OCH3 is 1. The molecule has 0 aromatic heterocycles. The normalized spacial score (nSPS) is 12.5. The Bertz CT molecular complexity index is 429. The van der Waals surface area contributed by atoms with Gasteiger partial charge in [0.05, 0.1) is 19.2 Å². The van der Waals surface area contributed by atoms with E-state index in [2.05, 4.69) is 18.7 Å². The van der Waals surface area contributed by atoms with E-state index in [9.17, 15) is 4.79 Å². The van der Waals surface area contributed by atoms with Crippen molar-refractivity contribution in [1.29, 1.82) is 0 Å². The molecule has 1 atom stereocenters. The molecule has 0 saturated carbocycles. The highest BCUT2D eigenvalue weighted by atomic mass is 16.5. The summed E-state index contributed by atoms with van der Waals surface area (Å²) in [5.41, 5.74) is 1.77. The fraction of sp³-hybridized carbons (Fsp3) is 0.562. The van der Waals surface area contributed by atoms with Crippen molar-refractivity contribution in [2.24, 2.45) is 5.92 Å². The first-order chi connectivity index (χ1) is 8.97. The van der Waals surface area contributed by atoms with Gasteiger partial charge in [0.25, 0.3) is 0 Å². The van der Waals surface area contributed by atoms with Crippen LogP contribution >= 0.6 is 0 Å². The minimum atomic E-state index is 0.114. The summed E-state index contributed by atoms with van der Waals surface area (Å²) in [6, 6.07) is 5.71. The van der Waals surface area contributed by atoms with Crippen LogP contribution in [0, 0.1) is 12.8 Å². The van der Waals surface area contributed by atoms with Crippen LogP contribution in [0.4, 0.5) is 0 Å². The molecule has 3 nitrogen and oxygen atoms in total. The molecule has 0 spiro atoms. The number of ketones is 1. The molecule has 106 valence electrons. The number of hydrogen-bond donors (Lipinski definition) is 0. The topological polar surface area (TPSA) is 29.5 Å². The van der Waals surface area contributed by atoms with Crippen LogP contribution in [-0.4, -0.2) is 37.9 Å². The van der Waals surface area contributed by atoms with E-state index in [0.717, 1.165) is 18.5 Å². The van der Waals surface area contributed by atoms with Gasteiger partial charge in [-0.3, -0.25) is 9.69 Å². The first-order valence-corrected chi connectivity index (χ1v) is 6.84. The van der Waals surface area contributed by atoms with Crippen LogP contribution < -0.4 is 4.74 Å². The summed E-state index contributed by atoms with van der Waals surface area (Å²) in [6.45, 7) is 7.74. The SMILES string of the molecule is CCC(C)CN(C)CC(=O)c1ccc(C)cc1OC. The van der Waals surface area contributed by atoms with Crippen molar-refractivity contribution in [2.75, 3.05) is 27.2 Å². The van der Waals surface area contributed by atoms with Gasteiger partial charge in [-0.2, -0.15) is 0 Å². The molecular weight excluding hydrogens is 238 g/mol. The minimum absolute atomic E-state index is 0.114. The Labute approximate surface area is 116 Å².